The molecule has 0 aromatic carbocycles. The van der Waals surface area contributed by atoms with E-state index in [0.717, 1.165) is 48.1 Å². The van der Waals surface area contributed by atoms with E-state index in [-0.39, 0.29) is 18.0 Å². The Morgan fingerprint density at radius 3 is 2.76 bits per heavy atom. The maximum atomic E-state index is 12.7. The van der Waals surface area contributed by atoms with Crippen molar-refractivity contribution in [2.45, 2.75) is 40.2 Å². The molecule has 2 atom stereocenters. The molecule has 1 N–H and O–H groups in total. The quantitative estimate of drug-likeness (QED) is 0.628. The minimum Gasteiger partial charge on any atom is -0.354 e. The third kappa shape index (κ3) is 4.38. The number of rotatable bonds is 6. The van der Waals surface area contributed by atoms with Gasteiger partial charge >= 0.3 is 0 Å². The van der Waals surface area contributed by atoms with Crippen LogP contribution in [0.5, 0.6) is 0 Å². The van der Waals surface area contributed by atoms with Gasteiger partial charge in [-0.1, -0.05) is 13.8 Å². The highest BCUT2D eigenvalue weighted by Gasteiger charge is 2.21. The number of fused-ring (bicyclic) bond motifs is 3. The van der Waals surface area contributed by atoms with Gasteiger partial charge in [0.2, 0.25) is 5.91 Å². The van der Waals surface area contributed by atoms with Crippen LogP contribution in [0.1, 0.15) is 31.6 Å². The predicted octanol–water partition coefficient (Wildman–Crippen LogP) is 2.50. The Balaban J connectivity index is 1.32. The summed E-state index contributed by atoms with van der Waals surface area (Å²) in [6, 6.07) is 3.93. The molecule has 29 heavy (non-hydrogen) atoms. The Morgan fingerprint density at radius 1 is 1.24 bits per heavy atom. The molecule has 0 aliphatic carbocycles. The van der Waals surface area contributed by atoms with Gasteiger partial charge in [-0.2, -0.15) is 5.10 Å². The van der Waals surface area contributed by atoms with Gasteiger partial charge < -0.3 is 10.2 Å². The number of thiophene rings is 1. The summed E-state index contributed by atoms with van der Waals surface area (Å²) in [5.41, 5.74) is 1.31. The van der Waals surface area contributed by atoms with Crippen LogP contribution < -0.4 is 10.9 Å². The Hall–Kier alpha value is -2.19. The SMILES string of the molecule is Cc1cc2c(cc3c(=O)n(CC(=O)NCCCN4C[C@@H](C)C[C@H](C)C4)ncn32)s1. The fourth-order valence-corrected chi connectivity index (χ4v) is 5.48. The van der Waals surface area contributed by atoms with E-state index in [1.54, 1.807) is 22.1 Å². The first kappa shape index (κ1) is 20.1. The number of nitrogens with zero attached hydrogens (tertiary/aromatic N) is 4. The Kier molecular flexibility index (Phi) is 5.74. The number of likely N-dealkylation sites (tertiary alicyclic amines) is 1. The highest BCUT2D eigenvalue weighted by Crippen LogP contribution is 2.27. The van der Waals surface area contributed by atoms with E-state index in [1.165, 1.54) is 16.0 Å². The van der Waals surface area contributed by atoms with Gasteiger partial charge in [-0.25, -0.2) is 4.68 Å². The molecule has 1 aliphatic heterocycles. The molecule has 0 radical (unpaired) electrons. The predicted molar refractivity (Wildman–Crippen MR) is 117 cm³/mol. The second-order valence-electron chi connectivity index (χ2n) is 8.51. The van der Waals surface area contributed by atoms with Crippen molar-refractivity contribution in [3.05, 3.63) is 33.7 Å². The van der Waals surface area contributed by atoms with Crippen molar-refractivity contribution in [1.82, 2.24) is 24.4 Å². The minimum absolute atomic E-state index is 0.0506. The summed E-state index contributed by atoms with van der Waals surface area (Å²) in [4.78, 5) is 28.7. The van der Waals surface area contributed by atoms with Gasteiger partial charge in [-0.3, -0.25) is 14.0 Å². The number of piperidine rings is 1. The normalized spacial score (nSPS) is 20.5. The molecule has 4 heterocycles. The van der Waals surface area contributed by atoms with Crippen molar-refractivity contribution >= 4 is 33.0 Å². The van der Waals surface area contributed by atoms with Gasteiger partial charge in [-0.05, 0) is 50.3 Å². The summed E-state index contributed by atoms with van der Waals surface area (Å²) in [5, 5.41) is 7.13. The zero-order chi connectivity index (χ0) is 20.5. The lowest BCUT2D eigenvalue weighted by molar-refractivity contribution is -0.121. The Morgan fingerprint density at radius 2 is 2.00 bits per heavy atom. The average Bonchev–Trinajstić information content (AvgIpc) is 3.17. The van der Waals surface area contributed by atoms with E-state index in [2.05, 4.69) is 35.2 Å². The molecule has 0 bridgehead atoms. The number of hydrogen-bond acceptors (Lipinski definition) is 5. The van der Waals surface area contributed by atoms with E-state index in [4.69, 9.17) is 0 Å². The minimum atomic E-state index is -0.236. The van der Waals surface area contributed by atoms with Gasteiger partial charge in [0.1, 0.15) is 18.4 Å². The first-order valence-corrected chi connectivity index (χ1v) is 11.2. The lowest BCUT2D eigenvalue weighted by Crippen LogP contribution is -2.40. The van der Waals surface area contributed by atoms with Gasteiger partial charge in [0, 0.05) is 24.5 Å². The number of amides is 1. The maximum absolute atomic E-state index is 12.7. The molecular weight excluding hydrogens is 386 g/mol. The highest BCUT2D eigenvalue weighted by atomic mass is 32.1. The Bertz CT molecular complexity index is 1070. The van der Waals surface area contributed by atoms with Gasteiger partial charge in [-0.15, -0.1) is 11.3 Å². The number of hydrogen-bond donors (Lipinski definition) is 1. The fourth-order valence-electron chi connectivity index (χ4n) is 4.53. The first-order chi connectivity index (χ1) is 13.9. The van der Waals surface area contributed by atoms with Crippen LogP contribution in [-0.2, 0) is 11.3 Å². The van der Waals surface area contributed by atoms with E-state index in [1.807, 2.05) is 13.0 Å². The summed E-state index contributed by atoms with van der Waals surface area (Å²) in [6.07, 6.45) is 3.84. The average molecular weight is 416 g/mol. The maximum Gasteiger partial charge on any atom is 0.291 e. The standard InChI is InChI=1S/C21H29N5O2S/c1-14-7-15(2)11-24(10-14)6-4-5-22-20(27)12-26-21(28)18-9-19-17(8-16(3)29-19)25(18)13-23-26/h8-9,13-15H,4-7,10-12H2,1-3H3,(H,22,27)/t14-,15-/m0/s1. The van der Waals surface area contributed by atoms with Crippen molar-refractivity contribution in [3.8, 4) is 0 Å². The lowest BCUT2D eigenvalue weighted by atomic mass is 9.92. The molecule has 0 spiro atoms. The van der Waals surface area contributed by atoms with Crippen LogP contribution in [0.15, 0.2) is 23.3 Å². The number of carbonyl (C=O) groups excluding carboxylic acids is 1. The second kappa shape index (κ2) is 8.28. The third-order valence-electron chi connectivity index (χ3n) is 5.62. The topological polar surface area (TPSA) is 71.6 Å². The van der Waals surface area contributed by atoms with Crippen LogP contribution in [0.3, 0.4) is 0 Å². The molecule has 1 aliphatic rings. The van der Waals surface area contributed by atoms with Crippen LogP contribution in [0, 0.1) is 18.8 Å². The molecule has 1 saturated heterocycles. The molecule has 0 unspecified atom stereocenters. The molecule has 3 aromatic rings. The van der Waals surface area contributed by atoms with Crippen molar-refractivity contribution in [2.24, 2.45) is 11.8 Å². The van der Waals surface area contributed by atoms with Gasteiger partial charge in [0.25, 0.3) is 5.56 Å². The molecule has 156 valence electrons. The van der Waals surface area contributed by atoms with E-state index < -0.39 is 0 Å². The smallest absolute Gasteiger partial charge is 0.291 e. The van der Waals surface area contributed by atoms with Crippen molar-refractivity contribution in [3.63, 3.8) is 0 Å². The largest absolute Gasteiger partial charge is 0.354 e. The summed E-state index contributed by atoms with van der Waals surface area (Å²) in [6.45, 7) is 10.5. The lowest BCUT2D eigenvalue weighted by Gasteiger charge is -2.34. The number of aryl methyl sites for hydroxylation is 1. The van der Waals surface area contributed by atoms with E-state index in [9.17, 15) is 9.59 Å². The molecule has 8 heteroatoms. The zero-order valence-electron chi connectivity index (χ0n) is 17.4. The van der Waals surface area contributed by atoms with Crippen LogP contribution in [-0.4, -0.2) is 51.2 Å². The van der Waals surface area contributed by atoms with Crippen LogP contribution in [0.4, 0.5) is 0 Å². The summed E-state index contributed by atoms with van der Waals surface area (Å²) < 4.78 is 4.11. The molecule has 0 saturated carbocycles. The molecule has 1 amide bonds. The molecular formula is C21H29N5O2S. The van der Waals surface area contributed by atoms with Crippen LogP contribution in [0.25, 0.3) is 15.7 Å². The van der Waals surface area contributed by atoms with Crippen molar-refractivity contribution < 1.29 is 4.79 Å². The third-order valence-corrected chi connectivity index (χ3v) is 6.61. The highest BCUT2D eigenvalue weighted by molar-refractivity contribution is 7.19. The van der Waals surface area contributed by atoms with Crippen molar-refractivity contribution in [1.29, 1.82) is 0 Å². The number of nitrogens with one attached hydrogen (secondary N) is 1. The summed E-state index contributed by atoms with van der Waals surface area (Å²) >= 11 is 1.65. The first-order valence-electron chi connectivity index (χ1n) is 10.4. The molecule has 1 fully saturated rings. The zero-order valence-corrected chi connectivity index (χ0v) is 18.2. The Labute approximate surface area is 174 Å². The van der Waals surface area contributed by atoms with E-state index in [0.29, 0.717) is 12.1 Å². The molecule has 7 nitrogen and oxygen atoms in total. The van der Waals surface area contributed by atoms with Crippen LogP contribution >= 0.6 is 11.3 Å². The van der Waals surface area contributed by atoms with Crippen LogP contribution in [0.2, 0.25) is 0 Å². The van der Waals surface area contributed by atoms with Crippen molar-refractivity contribution in [2.75, 3.05) is 26.2 Å². The molecule has 3 aromatic heterocycles. The van der Waals surface area contributed by atoms with Gasteiger partial charge in [0.05, 0.1) is 10.2 Å². The number of aromatic nitrogens is 3. The molecule has 4 rings (SSSR count). The monoisotopic (exact) mass is 415 g/mol. The number of carbonyl (C=O) groups is 1. The second-order valence-corrected chi connectivity index (χ2v) is 9.80. The van der Waals surface area contributed by atoms with E-state index >= 15 is 0 Å². The summed E-state index contributed by atoms with van der Waals surface area (Å²) in [5.74, 6) is 1.32. The van der Waals surface area contributed by atoms with Gasteiger partial charge in [0.15, 0.2) is 0 Å². The summed E-state index contributed by atoms with van der Waals surface area (Å²) in [7, 11) is 0. The fraction of sp³-hybridized carbons (Fsp3) is 0.571.